The minimum atomic E-state index is -0.872. The number of pyridine rings is 1. The maximum Gasteiger partial charge on any atom is 0.319 e. The van der Waals surface area contributed by atoms with Gasteiger partial charge in [0.1, 0.15) is 48.2 Å². The number of hydrogen-bond acceptors (Lipinski definition) is 14. The minimum Gasteiger partial charge on any atom is -0.486 e. The average Bonchev–Trinajstić information content (AvgIpc) is 4.16. The number of piperazine rings is 1. The molecule has 19 heteroatoms. The standard InChI is InChI=1S/C60H67FN12O6/c1-32(2)55(59(76)72-28-44(74)21-51(72)58(75)65-35(5)37-13-15-38(16-14-37)41-8-7-19-62-24-41)73-29-50(69-70-73)40-11-9-36(10-12-40)31-78-56-53(52-34(4)48(61)23-49-47(52)26-64-68-49)45(39-17-18-39)22-46-54(56)66-60(79-30-33(3)77-6)67-57(46)71-27-42-20-43(71)25-63-42/h7-16,19,22-24,26,29,32-35,39,42-44,51-52,55,63,74H,17-18,20-21,25,27-28,30-31H2,1-6H3,(H,64,68)(H,65,75)/t33-,34?,35-,42-,43-,44+,51-,52+,55-/m0/s1. The van der Waals surface area contributed by atoms with E-state index in [1.807, 2.05) is 95.3 Å². The van der Waals surface area contributed by atoms with E-state index in [1.165, 1.54) is 4.90 Å². The molecule has 410 valence electrons. The first-order valence-electron chi connectivity index (χ1n) is 27.7. The van der Waals surface area contributed by atoms with Crippen molar-refractivity contribution in [3.63, 3.8) is 0 Å². The number of aromatic nitrogens is 8. The summed E-state index contributed by atoms with van der Waals surface area (Å²) in [4.78, 5) is 46.9. The number of rotatable bonds is 18. The van der Waals surface area contributed by atoms with Gasteiger partial charge >= 0.3 is 6.01 Å². The first-order chi connectivity index (χ1) is 38.3. The molecule has 4 N–H and O–H groups in total. The lowest BCUT2D eigenvalue weighted by Crippen LogP contribution is -2.49. The summed E-state index contributed by atoms with van der Waals surface area (Å²) in [5, 5.41) is 34.9. The third-order valence-electron chi connectivity index (χ3n) is 16.7. The minimum absolute atomic E-state index is 0.0212. The van der Waals surface area contributed by atoms with Crippen LogP contribution in [0.15, 0.2) is 97.3 Å². The molecule has 2 bridgehead atoms. The van der Waals surface area contributed by atoms with Gasteiger partial charge in [-0.3, -0.25) is 19.7 Å². The monoisotopic (exact) mass is 1070 g/mol. The van der Waals surface area contributed by atoms with Gasteiger partial charge in [-0.1, -0.05) is 80.6 Å². The molecular formula is C60H67FN12O6. The van der Waals surface area contributed by atoms with Crippen LogP contribution in [0.5, 0.6) is 11.8 Å². The number of carbonyl (C=O) groups excluding carboxylic acids is 2. The molecule has 4 fully saturated rings. The molecule has 5 aliphatic rings. The van der Waals surface area contributed by atoms with Crippen LogP contribution in [-0.4, -0.2) is 126 Å². The van der Waals surface area contributed by atoms with Crippen LogP contribution in [0, 0.1) is 11.8 Å². The molecule has 0 radical (unpaired) electrons. The van der Waals surface area contributed by atoms with Crippen LogP contribution in [0.4, 0.5) is 10.2 Å². The second-order valence-corrected chi connectivity index (χ2v) is 22.5. The zero-order valence-corrected chi connectivity index (χ0v) is 45.3. The predicted molar refractivity (Wildman–Crippen MR) is 296 cm³/mol. The van der Waals surface area contributed by atoms with E-state index >= 15 is 4.39 Å². The fourth-order valence-electron chi connectivity index (χ4n) is 12.1. The van der Waals surface area contributed by atoms with Crippen molar-refractivity contribution in [3.8, 4) is 34.1 Å². The molecule has 4 aromatic heterocycles. The van der Waals surface area contributed by atoms with Crippen LogP contribution in [0.25, 0.3) is 39.4 Å². The summed E-state index contributed by atoms with van der Waals surface area (Å²) in [6.45, 7) is 11.7. The zero-order valence-electron chi connectivity index (χ0n) is 45.3. The third-order valence-corrected chi connectivity index (χ3v) is 16.7. The molecule has 79 heavy (non-hydrogen) atoms. The van der Waals surface area contributed by atoms with Crippen molar-refractivity contribution in [2.75, 3.05) is 38.3 Å². The van der Waals surface area contributed by atoms with Crippen LogP contribution in [0.1, 0.15) is 118 Å². The number of nitrogens with one attached hydrogen (secondary N) is 3. The number of aliphatic hydroxyl groups excluding tert-OH is 1. The number of likely N-dealkylation sites (tertiary alicyclic amines) is 1. The van der Waals surface area contributed by atoms with E-state index in [1.54, 1.807) is 42.7 Å². The van der Waals surface area contributed by atoms with Gasteiger partial charge in [-0.05, 0) is 91.0 Å². The zero-order chi connectivity index (χ0) is 54.6. The highest BCUT2D eigenvalue weighted by molar-refractivity contribution is 5.97. The van der Waals surface area contributed by atoms with Crippen molar-refractivity contribution in [1.82, 2.24) is 55.7 Å². The van der Waals surface area contributed by atoms with Crippen molar-refractivity contribution in [2.24, 2.45) is 11.8 Å². The normalized spacial score (nSPS) is 22.7. The molecule has 3 aliphatic heterocycles. The summed E-state index contributed by atoms with van der Waals surface area (Å²) >= 11 is 0. The molecule has 2 aliphatic carbocycles. The molecule has 0 spiro atoms. The predicted octanol–water partition coefficient (Wildman–Crippen LogP) is 8.22. The number of fused-ring (bicyclic) bond motifs is 4. The molecule has 9 atom stereocenters. The van der Waals surface area contributed by atoms with Crippen LogP contribution in [-0.2, 0) is 20.9 Å². The van der Waals surface area contributed by atoms with Crippen LogP contribution in [0.2, 0.25) is 0 Å². The number of hydrogen-bond donors (Lipinski definition) is 4. The lowest BCUT2D eigenvalue weighted by molar-refractivity contribution is -0.142. The lowest BCUT2D eigenvalue weighted by atomic mass is 9.75. The number of aliphatic hydroxyl groups is 1. The summed E-state index contributed by atoms with van der Waals surface area (Å²) < 4.78 is 36.7. The Morgan fingerprint density at radius 1 is 0.937 bits per heavy atom. The van der Waals surface area contributed by atoms with Gasteiger partial charge in [0.25, 0.3) is 0 Å². The second kappa shape index (κ2) is 21.6. The molecule has 12 rings (SSSR count). The Labute approximate surface area is 458 Å². The second-order valence-electron chi connectivity index (χ2n) is 22.5. The Kier molecular flexibility index (Phi) is 14.2. The van der Waals surface area contributed by atoms with E-state index in [9.17, 15) is 14.7 Å². The number of nitrogens with zero attached hydrogens (tertiary/aromatic N) is 9. The maximum atomic E-state index is 16.2. The highest BCUT2D eigenvalue weighted by Gasteiger charge is 2.45. The lowest BCUT2D eigenvalue weighted by Gasteiger charge is -2.33. The number of aromatic amines is 1. The topological polar surface area (TPSA) is 211 Å². The van der Waals surface area contributed by atoms with Gasteiger partial charge in [-0.2, -0.15) is 15.1 Å². The number of amides is 2. The maximum absolute atomic E-state index is 16.2. The number of allylic oxidation sites excluding steroid dienone is 1. The number of β-amino-alcohol motifs (C(OH)–C–C–N with tert-alkyl or cyclic N) is 1. The molecule has 1 saturated carbocycles. The highest BCUT2D eigenvalue weighted by atomic mass is 19.1. The van der Waals surface area contributed by atoms with Gasteiger partial charge in [-0.25, -0.2) is 9.07 Å². The largest absolute Gasteiger partial charge is 0.486 e. The third kappa shape index (κ3) is 10.2. The van der Waals surface area contributed by atoms with Crippen LogP contribution >= 0.6 is 0 Å². The molecule has 3 aromatic carbocycles. The quantitative estimate of drug-likeness (QED) is 0.0638. The molecule has 7 heterocycles. The fourth-order valence-corrected chi connectivity index (χ4v) is 12.1. The number of halogens is 1. The van der Waals surface area contributed by atoms with Crippen molar-refractivity contribution >= 4 is 34.6 Å². The Bertz CT molecular complexity index is 3400. The number of anilines is 1. The van der Waals surface area contributed by atoms with Crippen molar-refractivity contribution in [3.05, 3.63) is 131 Å². The Balaban J connectivity index is 0.814. The first kappa shape index (κ1) is 52.1. The van der Waals surface area contributed by atoms with E-state index in [4.69, 9.17) is 24.2 Å². The van der Waals surface area contributed by atoms with Gasteiger partial charge in [0.15, 0.2) is 5.75 Å². The van der Waals surface area contributed by atoms with E-state index in [0.29, 0.717) is 28.7 Å². The Morgan fingerprint density at radius 2 is 1.73 bits per heavy atom. The average molecular weight is 1070 g/mol. The van der Waals surface area contributed by atoms with Crippen molar-refractivity contribution in [1.29, 1.82) is 0 Å². The summed E-state index contributed by atoms with van der Waals surface area (Å²) in [6.07, 6.45) is 10.7. The number of carbonyl (C=O) groups is 2. The molecule has 3 saturated heterocycles. The summed E-state index contributed by atoms with van der Waals surface area (Å²) in [7, 11) is 1.64. The van der Waals surface area contributed by atoms with Crippen molar-refractivity contribution in [2.45, 2.75) is 121 Å². The van der Waals surface area contributed by atoms with E-state index < -0.39 is 30.0 Å². The number of ether oxygens (including phenoxy) is 3. The Morgan fingerprint density at radius 3 is 2.44 bits per heavy atom. The van der Waals surface area contributed by atoms with Gasteiger partial charge in [0.05, 0.1) is 36.3 Å². The first-order valence-corrected chi connectivity index (χ1v) is 27.7. The summed E-state index contributed by atoms with van der Waals surface area (Å²) in [6, 6.07) is 20.7. The van der Waals surface area contributed by atoms with E-state index in [-0.39, 0.29) is 79.9 Å². The number of H-pyrrole nitrogens is 1. The molecule has 1 unspecified atom stereocenters. The molecule has 2 amide bonds. The van der Waals surface area contributed by atoms with Gasteiger partial charge in [0.2, 0.25) is 11.8 Å². The number of benzene rings is 3. The van der Waals surface area contributed by atoms with Gasteiger partial charge in [-0.15, -0.1) is 5.10 Å². The highest BCUT2D eigenvalue weighted by Crippen LogP contribution is 2.55. The van der Waals surface area contributed by atoms with Crippen LogP contribution < -0.4 is 25.0 Å². The van der Waals surface area contributed by atoms with Gasteiger partial charge < -0.3 is 39.8 Å². The van der Waals surface area contributed by atoms with Crippen LogP contribution in [0.3, 0.4) is 0 Å². The fraction of sp³-hybridized carbons (Fsp3) is 0.433. The summed E-state index contributed by atoms with van der Waals surface area (Å²) in [5.74, 6) is -0.429. The SMILES string of the molecule is CO[C@@H](C)COc1nc(N2C[C@@H]3C[C@H]2CN3)c2cc(C3CC3)c([C@H]3c4cn[nH]c4C=C(F)C3C)c(OCc3ccc(-c4cn([C@H](C(=O)N5C[C@H](O)C[C@H]5C(=O)N[C@@H](C)c5ccc(-c6cccnc6)cc5)C(C)C)nn4)cc3)c2n1. The smallest absolute Gasteiger partial charge is 0.319 e. The molecular weight excluding hydrogens is 1000 g/mol. The van der Waals surface area contributed by atoms with E-state index in [2.05, 4.69) is 47.1 Å². The number of methoxy groups -OCH3 is 1. The molecule has 18 nitrogen and oxygen atoms in total. The van der Waals surface area contributed by atoms with Crippen molar-refractivity contribution < 1.29 is 33.3 Å². The van der Waals surface area contributed by atoms with Gasteiger partial charge in [0, 0.05) is 91.6 Å². The Hall–Kier alpha value is -7.61. The summed E-state index contributed by atoms with van der Waals surface area (Å²) in [5.41, 5.74) is 9.25. The molecule has 7 aromatic rings. The van der Waals surface area contributed by atoms with E-state index in [0.717, 1.165) is 88.1 Å².